The standard InChI is InChI=1S/C22H25N7O/c1-13-6-7-18-16(8-13)14(2)30-20-9-15(11-25-22(20)24)21-17(12-27(3)29(18)5)26-28(4)19(21)10-23/h6-9,11,14H,12H2,1-5H3,(H2,24,25)/t14-/m1/s1. The van der Waals surface area contributed by atoms with E-state index in [9.17, 15) is 5.26 Å². The van der Waals surface area contributed by atoms with E-state index in [4.69, 9.17) is 10.5 Å². The zero-order valence-electron chi connectivity index (χ0n) is 17.8. The van der Waals surface area contributed by atoms with Crippen LogP contribution in [0.4, 0.5) is 11.5 Å². The number of pyridine rings is 1. The lowest BCUT2D eigenvalue weighted by atomic mass is 10.0. The van der Waals surface area contributed by atoms with Crippen LogP contribution < -0.4 is 15.5 Å². The predicted octanol–water partition coefficient (Wildman–Crippen LogP) is 3.18. The highest BCUT2D eigenvalue weighted by Gasteiger charge is 2.25. The molecule has 3 heterocycles. The summed E-state index contributed by atoms with van der Waals surface area (Å²) in [6, 6.07) is 10.4. The summed E-state index contributed by atoms with van der Waals surface area (Å²) in [4.78, 5) is 4.34. The molecule has 8 heteroatoms. The molecule has 154 valence electrons. The van der Waals surface area contributed by atoms with Gasteiger partial charge >= 0.3 is 0 Å². The Morgan fingerprint density at radius 3 is 2.73 bits per heavy atom. The summed E-state index contributed by atoms with van der Waals surface area (Å²) < 4.78 is 7.88. The number of aromatic nitrogens is 3. The van der Waals surface area contributed by atoms with Crippen molar-refractivity contribution in [1.29, 1.82) is 5.26 Å². The molecular weight excluding hydrogens is 378 g/mol. The second-order valence-corrected chi connectivity index (χ2v) is 7.67. The fourth-order valence-corrected chi connectivity index (χ4v) is 3.86. The molecule has 2 bridgehead atoms. The first-order valence-corrected chi connectivity index (χ1v) is 9.74. The van der Waals surface area contributed by atoms with Gasteiger partial charge in [-0.25, -0.2) is 9.99 Å². The molecule has 8 nitrogen and oxygen atoms in total. The lowest BCUT2D eigenvalue weighted by Gasteiger charge is -2.33. The van der Waals surface area contributed by atoms with Gasteiger partial charge in [-0.05, 0) is 26.0 Å². The van der Waals surface area contributed by atoms with Gasteiger partial charge in [-0.1, -0.05) is 17.7 Å². The van der Waals surface area contributed by atoms with Crippen LogP contribution in [0.3, 0.4) is 0 Å². The van der Waals surface area contributed by atoms with Crippen LogP contribution >= 0.6 is 0 Å². The fourth-order valence-electron chi connectivity index (χ4n) is 3.86. The van der Waals surface area contributed by atoms with Gasteiger partial charge in [0, 0.05) is 44.0 Å². The molecule has 1 aliphatic rings. The molecule has 0 unspecified atom stereocenters. The third-order valence-corrected chi connectivity index (χ3v) is 5.56. The van der Waals surface area contributed by atoms with Gasteiger partial charge < -0.3 is 15.5 Å². The van der Waals surface area contributed by atoms with Gasteiger partial charge in [-0.3, -0.25) is 4.68 Å². The SMILES string of the molecule is Cc1ccc2c(c1)[C@@H](C)Oc1cc(cnc1N)-c1c(nn(C)c1C#N)CN(C)N2C. The van der Waals surface area contributed by atoms with Crippen molar-refractivity contribution in [3.8, 4) is 22.9 Å². The summed E-state index contributed by atoms with van der Waals surface area (Å²) in [5, 5.41) is 18.5. The lowest BCUT2D eigenvalue weighted by molar-refractivity contribution is 0.225. The summed E-state index contributed by atoms with van der Waals surface area (Å²) in [5.41, 5.74) is 12.1. The van der Waals surface area contributed by atoms with Crippen LogP contribution in [0.1, 0.15) is 35.5 Å². The van der Waals surface area contributed by atoms with Crippen LogP contribution in [-0.2, 0) is 13.6 Å². The molecule has 0 fully saturated rings. The predicted molar refractivity (Wildman–Crippen MR) is 116 cm³/mol. The van der Waals surface area contributed by atoms with Crippen molar-refractivity contribution in [3.05, 3.63) is 53.0 Å². The number of nitrogens with zero attached hydrogens (tertiary/aromatic N) is 6. The van der Waals surface area contributed by atoms with Crippen molar-refractivity contribution < 1.29 is 4.74 Å². The summed E-state index contributed by atoms with van der Waals surface area (Å²) in [6.45, 7) is 4.58. The molecule has 1 aliphatic heterocycles. The van der Waals surface area contributed by atoms with Gasteiger partial charge in [0.1, 0.15) is 17.9 Å². The number of fused-ring (bicyclic) bond motifs is 5. The molecule has 0 spiro atoms. The summed E-state index contributed by atoms with van der Waals surface area (Å²) >= 11 is 0. The number of hydrazine groups is 1. The first-order valence-electron chi connectivity index (χ1n) is 9.74. The molecule has 2 aromatic heterocycles. The second kappa shape index (κ2) is 7.35. The smallest absolute Gasteiger partial charge is 0.166 e. The van der Waals surface area contributed by atoms with Crippen LogP contribution in [0.15, 0.2) is 30.5 Å². The van der Waals surface area contributed by atoms with E-state index in [-0.39, 0.29) is 6.10 Å². The zero-order valence-corrected chi connectivity index (χ0v) is 17.8. The molecular formula is C22H25N7O. The van der Waals surface area contributed by atoms with Crippen LogP contribution in [0, 0.1) is 18.3 Å². The number of rotatable bonds is 0. The van der Waals surface area contributed by atoms with E-state index < -0.39 is 0 Å². The first-order chi connectivity index (χ1) is 14.3. The van der Waals surface area contributed by atoms with Gasteiger partial charge in [0.25, 0.3) is 0 Å². The monoisotopic (exact) mass is 403 g/mol. The quantitative estimate of drug-likeness (QED) is 0.616. The molecule has 0 saturated heterocycles. The van der Waals surface area contributed by atoms with Crippen molar-refractivity contribution in [1.82, 2.24) is 19.8 Å². The van der Waals surface area contributed by atoms with E-state index in [0.717, 1.165) is 33.6 Å². The molecule has 0 amide bonds. The van der Waals surface area contributed by atoms with Crippen LogP contribution in [0.5, 0.6) is 5.75 Å². The van der Waals surface area contributed by atoms with Gasteiger partial charge in [-0.2, -0.15) is 10.4 Å². The number of anilines is 2. The van der Waals surface area contributed by atoms with Crippen molar-refractivity contribution in [2.24, 2.45) is 7.05 Å². The van der Waals surface area contributed by atoms with E-state index in [0.29, 0.717) is 23.8 Å². The lowest BCUT2D eigenvalue weighted by Crippen LogP contribution is -2.37. The summed E-state index contributed by atoms with van der Waals surface area (Å²) in [7, 11) is 5.78. The van der Waals surface area contributed by atoms with Crippen molar-refractivity contribution in [3.63, 3.8) is 0 Å². The van der Waals surface area contributed by atoms with Gasteiger partial charge in [0.05, 0.1) is 17.9 Å². The molecule has 2 N–H and O–H groups in total. The maximum absolute atomic E-state index is 9.74. The first kappa shape index (κ1) is 19.7. The Labute approximate surface area is 176 Å². The van der Waals surface area contributed by atoms with Gasteiger partial charge in [-0.15, -0.1) is 0 Å². The Morgan fingerprint density at radius 2 is 2.00 bits per heavy atom. The Morgan fingerprint density at radius 1 is 1.23 bits per heavy atom. The Kier molecular flexibility index (Phi) is 4.84. The third kappa shape index (κ3) is 3.23. The normalized spacial score (nSPS) is 16.5. The van der Waals surface area contributed by atoms with Crippen molar-refractivity contribution in [2.45, 2.75) is 26.5 Å². The summed E-state index contributed by atoms with van der Waals surface area (Å²) in [6.07, 6.45) is 1.42. The molecule has 4 rings (SSSR count). The minimum absolute atomic E-state index is 0.252. The Hall–Kier alpha value is -3.57. The van der Waals surface area contributed by atoms with Gasteiger partial charge in [0.2, 0.25) is 0 Å². The highest BCUT2D eigenvalue weighted by Crippen LogP contribution is 2.37. The Balaban J connectivity index is 1.97. The van der Waals surface area contributed by atoms with E-state index in [1.54, 1.807) is 17.9 Å². The largest absolute Gasteiger partial charge is 0.482 e. The van der Waals surface area contributed by atoms with E-state index in [1.807, 2.05) is 27.1 Å². The fraction of sp³-hybridized carbons (Fsp3) is 0.318. The maximum atomic E-state index is 9.74. The van der Waals surface area contributed by atoms with E-state index in [2.05, 4.69) is 51.3 Å². The number of benzene rings is 1. The van der Waals surface area contributed by atoms with Crippen LogP contribution in [-0.4, -0.2) is 33.9 Å². The van der Waals surface area contributed by atoms with Crippen LogP contribution in [0.2, 0.25) is 0 Å². The highest BCUT2D eigenvalue weighted by molar-refractivity contribution is 5.74. The Bertz CT molecular complexity index is 1160. The number of nitrogens with two attached hydrogens (primary N) is 1. The van der Waals surface area contributed by atoms with Crippen molar-refractivity contribution in [2.75, 3.05) is 24.8 Å². The average Bonchev–Trinajstić information content (AvgIpc) is 3.03. The van der Waals surface area contributed by atoms with Gasteiger partial charge in [0.15, 0.2) is 11.6 Å². The average molecular weight is 403 g/mol. The maximum Gasteiger partial charge on any atom is 0.166 e. The number of nitrogen functional groups attached to an aromatic ring is 1. The number of aryl methyl sites for hydroxylation is 2. The third-order valence-electron chi connectivity index (χ3n) is 5.56. The van der Waals surface area contributed by atoms with Crippen LogP contribution in [0.25, 0.3) is 11.1 Å². The molecule has 0 radical (unpaired) electrons. The van der Waals surface area contributed by atoms with Crippen molar-refractivity contribution >= 4 is 11.5 Å². The number of hydrogen-bond acceptors (Lipinski definition) is 7. The summed E-state index contributed by atoms with van der Waals surface area (Å²) in [5.74, 6) is 0.800. The molecule has 0 aliphatic carbocycles. The minimum Gasteiger partial charge on any atom is -0.482 e. The molecule has 1 aromatic carbocycles. The second-order valence-electron chi connectivity index (χ2n) is 7.67. The minimum atomic E-state index is -0.252. The number of hydrogen-bond donors (Lipinski definition) is 1. The topological polar surface area (TPSA) is 96.2 Å². The molecule has 3 aromatic rings. The number of nitriles is 1. The molecule has 0 saturated carbocycles. The highest BCUT2D eigenvalue weighted by atomic mass is 16.5. The molecule has 30 heavy (non-hydrogen) atoms. The molecule has 1 atom stereocenters. The van der Waals surface area contributed by atoms with E-state index in [1.165, 1.54) is 0 Å². The van der Waals surface area contributed by atoms with E-state index >= 15 is 0 Å². The number of ether oxygens (including phenoxy) is 1. The zero-order chi connectivity index (χ0) is 21.6.